The van der Waals surface area contributed by atoms with Crippen molar-refractivity contribution in [2.24, 2.45) is 11.8 Å². The maximum atomic E-state index is 14.1. The fraction of sp³-hybridized carbons (Fsp3) is 0.625. The number of rotatable bonds is 15. The van der Waals surface area contributed by atoms with Crippen LogP contribution < -0.4 is 15.4 Å². The van der Waals surface area contributed by atoms with Crippen molar-refractivity contribution in [3.05, 3.63) is 45.2 Å². The topological polar surface area (TPSA) is 133 Å². The number of hydrogen-bond donors (Lipinski definition) is 3. The van der Waals surface area contributed by atoms with Gasteiger partial charge >= 0.3 is 5.97 Å². The number of nitrogens with one attached hydrogen (secondary N) is 2. The molecule has 2 aromatic rings. The molecule has 1 aliphatic rings. The lowest BCUT2D eigenvalue weighted by molar-refractivity contribution is -0.161. The van der Waals surface area contributed by atoms with Gasteiger partial charge in [0.2, 0.25) is 53.1 Å². The molecule has 1 fully saturated rings. The van der Waals surface area contributed by atoms with Gasteiger partial charge in [-0.05, 0) is 52.2 Å². The van der Waals surface area contributed by atoms with E-state index in [9.17, 15) is 41.4 Å². The SMILES string of the molecule is CC[C@H](C)[C@H](NC(=O)[C@@]1(C)CCCN1C)C(=O)N(C)[C@H](C[C@@H](OC(O)NC)c1nc(C(=O)Oc2c(F)c(F)c(F)c(F)c2F)cs1)C(C)C. The van der Waals surface area contributed by atoms with Crippen LogP contribution >= 0.6 is 11.3 Å². The Morgan fingerprint density at radius 3 is 2.20 bits per heavy atom. The Morgan fingerprint density at radius 1 is 1.10 bits per heavy atom. The number of ether oxygens (including phenoxy) is 2. The number of halogens is 5. The molecular formula is C32H44F5N5O6S. The third-order valence-corrected chi connectivity index (χ3v) is 10.2. The highest BCUT2D eigenvalue weighted by Gasteiger charge is 2.44. The Balaban J connectivity index is 1.89. The molecule has 1 aliphatic heterocycles. The molecule has 6 atom stereocenters. The predicted molar refractivity (Wildman–Crippen MR) is 170 cm³/mol. The second-order valence-electron chi connectivity index (χ2n) is 12.8. The zero-order valence-corrected chi connectivity index (χ0v) is 29.5. The summed E-state index contributed by atoms with van der Waals surface area (Å²) >= 11 is 0.840. The number of hydrogen-bond acceptors (Lipinski definition) is 10. The van der Waals surface area contributed by atoms with Crippen molar-refractivity contribution >= 4 is 29.1 Å². The standard InChI is InChI=1S/C32H44F5N5O6S/c1-9-16(4)25(40-30(45)32(5)11-10-12-41(32)7)28(43)42(8)18(15(2)3)13-19(47-31(46)38-6)27-39-17(14-49-27)29(44)48-26-23(36)21(34)20(33)22(35)24(26)37/h14-16,18-19,25,31,38,46H,9-13H2,1-8H3,(H,40,45)/t16-,18+,19+,25-,31?,32+/m0/s1. The van der Waals surface area contributed by atoms with Gasteiger partial charge in [-0.3, -0.25) is 19.8 Å². The maximum Gasteiger partial charge on any atom is 0.363 e. The fourth-order valence-corrected chi connectivity index (χ4v) is 6.47. The van der Waals surface area contributed by atoms with Crippen molar-refractivity contribution in [3.63, 3.8) is 0 Å². The van der Waals surface area contributed by atoms with Crippen molar-refractivity contribution in [2.45, 2.75) is 90.4 Å². The summed E-state index contributed by atoms with van der Waals surface area (Å²) in [6.45, 7) is 10.1. The molecule has 2 heterocycles. The van der Waals surface area contributed by atoms with E-state index < -0.39 is 76.6 Å². The van der Waals surface area contributed by atoms with E-state index >= 15 is 0 Å². The van der Waals surface area contributed by atoms with E-state index in [4.69, 9.17) is 4.74 Å². The molecule has 3 N–H and O–H groups in total. The highest BCUT2D eigenvalue weighted by atomic mass is 32.1. The van der Waals surface area contributed by atoms with Gasteiger partial charge in [-0.2, -0.15) is 8.78 Å². The third kappa shape index (κ3) is 8.74. The van der Waals surface area contributed by atoms with Crippen molar-refractivity contribution in [2.75, 3.05) is 27.7 Å². The molecule has 2 amide bonds. The van der Waals surface area contributed by atoms with Crippen LogP contribution in [-0.4, -0.2) is 89.4 Å². The molecule has 49 heavy (non-hydrogen) atoms. The number of esters is 1. The van der Waals surface area contributed by atoms with Crippen molar-refractivity contribution in [1.82, 2.24) is 25.4 Å². The van der Waals surface area contributed by atoms with Crippen LogP contribution in [0.25, 0.3) is 0 Å². The van der Waals surface area contributed by atoms with Gasteiger partial charge in [-0.15, -0.1) is 11.3 Å². The molecule has 11 nitrogen and oxygen atoms in total. The third-order valence-electron chi connectivity index (χ3n) is 9.24. The largest absolute Gasteiger partial charge is 0.415 e. The molecule has 0 aliphatic carbocycles. The van der Waals surface area contributed by atoms with Crippen LogP contribution in [0.5, 0.6) is 5.75 Å². The Morgan fingerprint density at radius 2 is 1.69 bits per heavy atom. The van der Waals surface area contributed by atoms with Gasteiger partial charge in [0.05, 0.1) is 5.54 Å². The first kappa shape index (κ1) is 40.2. The Bertz CT molecular complexity index is 1490. The van der Waals surface area contributed by atoms with Gasteiger partial charge in [-0.1, -0.05) is 34.1 Å². The highest BCUT2D eigenvalue weighted by molar-refractivity contribution is 7.09. The van der Waals surface area contributed by atoms with Crippen LogP contribution in [-0.2, 0) is 14.3 Å². The van der Waals surface area contributed by atoms with E-state index in [1.54, 1.807) is 7.05 Å². The number of thiazole rings is 1. The predicted octanol–water partition coefficient (Wildman–Crippen LogP) is 4.50. The van der Waals surface area contributed by atoms with Gasteiger partial charge < -0.3 is 24.8 Å². The van der Waals surface area contributed by atoms with Crippen molar-refractivity contribution in [3.8, 4) is 5.75 Å². The second kappa shape index (κ2) is 16.6. The average Bonchev–Trinajstić information content (AvgIpc) is 3.71. The summed E-state index contributed by atoms with van der Waals surface area (Å²) in [5, 5.41) is 17.0. The number of likely N-dealkylation sites (N-methyl/N-ethyl adjacent to an activating group) is 2. The molecule has 0 saturated carbocycles. The Kier molecular flexibility index (Phi) is 13.6. The van der Waals surface area contributed by atoms with E-state index in [-0.39, 0.29) is 35.1 Å². The van der Waals surface area contributed by atoms with Crippen LogP contribution in [0.3, 0.4) is 0 Å². The second-order valence-corrected chi connectivity index (χ2v) is 13.6. The highest BCUT2D eigenvalue weighted by Crippen LogP contribution is 2.34. The van der Waals surface area contributed by atoms with Crippen LogP contribution in [0.2, 0.25) is 0 Å². The molecule has 3 rings (SSSR count). The molecular weight excluding hydrogens is 677 g/mol. The van der Waals surface area contributed by atoms with Crippen molar-refractivity contribution in [1.29, 1.82) is 0 Å². The van der Waals surface area contributed by atoms with Crippen molar-refractivity contribution < 1.29 is 50.9 Å². The summed E-state index contributed by atoms with van der Waals surface area (Å²) in [6.07, 6.45) is -0.466. The monoisotopic (exact) mass is 721 g/mol. The summed E-state index contributed by atoms with van der Waals surface area (Å²) in [7, 11) is 4.88. The summed E-state index contributed by atoms with van der Waals surface area (Å²) in [5.41, 5.74) is -1.29. The molecule has 0 radical (unpaired) electrons. The number of aliphatic hydroxyl groups excluding tert-OH is 1. The number of aliphatic hydroxyl groups is 1. The molecule has 1 saturated heterocycles. The van der Waals surface area contributed by atoms with Crippen LogP contribution in [0.1, 0.15) is 81.9 Å². The first-order chi connectivity index (χ1) is 22.9. The van der Waals surface area contributed by atoms with Gasteiger partial charge in [0, 0.05) is 24.9 Å². The van der Waals surface area contributed by atoms with Gasteiger partial charge in [0.15, 0.2) is 5.69 Å². The minimum atomic E-state index is -2.41. The van der Waals surface area contributed by atoms with Crippen LogP contribution in [0.4, 0.5) is 22.0 Å². The molecule has 1 aromatic carbocycles. The van der Waals surface area contributed by atoms with E-state index in [0.717, 1.165) is 29.7 Å². The molecule has 17 heteroatoms. The van der Waals surface area contributed by atoms with E-state index in [1.165, 1.54) is 11.9 Å². The molecule has 1 aromatic heterocycles. The molecule has 274 valence electrons. The van der Waals surface area contributed by atoms with Crippen LogP contribution in [0.15, 0.2) is 5.38 Å². The maximum absolute atomic E-state index is 14.1. The number of likely N-dealkylation sites (tertiary alicyclic amines) is 1. The van der Waals surface area contributed by atoms with Crippen LogP contribution in [0, 0.1) is 40.9 Å². The molecule has 0 spiro atoms. The minimum Gasteiger partial charge on any atom is -0.415 e. The van der Waals surface area contributed by atoms with Gasteiger partial charge in [0.25, 0.3) is 0 Å². The lowest BCUT2D eigenvalue weighted by Crippen LogP contribution is -2.60. The average molecular weight is 722 g/mol. The number of nitrogens with zero attached hydrogens (tertiary/aromatic N) is 3. The summed E-state index contributed by atoms with van der Waals surface area (Å²) in [6, 6.07) is -1.41. The smallest absolute Gasteiger partial charge is 0.363 e. The van der Waals surface area contributed by atoms with E-state index in [1.807, 2.05) is 46.6 Å². The lowest BCUT2D eigenvalue weighted by atomic mass is 9.91. The Labute approximate surface area is 286 Å². The first-order valence-electron chi connectivity index (χ1n) is 15.9. The zero-order valence-electron chi connectivity index (χ0n) is 28.7. The van der Waals surface area contributed by atoms with E-state index in [2.05, 4.69) is 20.4 Å². The Hall–Kier alpha value is -3.25. The lowest BCUT2D eigenvalue weighted by Gasteiger charge is -2.39. The van der Waals surface area contributed by atoms with Gasteiger partial charge in [-0.25, -0.2) is 22.9 Å². The molecule has 0 bridgehead atoms. The normalized spacial score (nSPS) is 19.7. The number of aromatic nitrogens is 1. The number of carbonyl (C=O) groups is 3. The first-order valence-corrected chi connectivity index (χ1v) is 16.8. The minimum absolute atomic E-state index is 0.0277. The van der Waals surface area contributed by atoms with E-state index in [0.29, 0.717) is 12.8 Å². The summed E-state index contributed by atoms with van der Waals surface area (Å²) in [5.74, 6) is -16.0. The quantitative estimate of drug-likeness (QED) is 0.0608. The fourth-order valence-electron chi connectivity index (χ4n) is 5.63. The molecule has 1 unspecified atom stereocenters. The number of benzene rings is 1. The summed E-state index contributed by atoms with van der Waals surface area (Å²) in [4.78, 5) is 47.9. The zero-order chi connectivity index (χ0) is 37.0. The van der Waals surface area contributed by atoms with Gasteiger partial charge in [0.1, 0.15) is 17.2 Å². The number of carbonyl (C=O) groups excluding carboxylic acids is 3. The summed E-state index contributed by atoms with van der Waals surface area (Å²) < 4.78 is 79.3. The number of amides is 2.